The molecule has 1 heterocycles. The number of ether oxygens (including phenoxy) is 2. The highest BCUT2D eigenvalue weighted by atomic mass is 16.5. The van der Waals surface area contributed by atoms with Crippen LogP contribution in [0.2, 0.25) is 0 Å². The number of nitrogens with zero attached hydrogens (tertiary/aromatic N) is 2. The molecular formula is C21H36N2O3. The SMILES string of the molecule is Cc1cccc(CN(CCN2CCOCC2)CC(O)COC(C)(C)C)c1. The molecule has 2 rings (SSSR count). The maximum absolute atomic E-state index is 10.5. The minimum absolute atomic E-state index is 0.226. The predicted octanol–water partition coefficient (Wildman–Crippen LogP) is 2.31. The van der Waals surface area contributed by atoms with Crippen molar-refractivity contribution in [3.05, 3.63) is 35.4 Å². The summed E-state index contributed by atoms with van der Waals surface area (Å²) in [5.41, 5.74) is 2.33. The van der Waals surface area contributed by atoms with Gasteiger partial charge in [0.1, 0.15) is 0 Å². The van der Waals surface area contributed by atoms with Gasteiger partial charge in [-0.2, -0.15) is 0 Å². The Bertz CT molecular complexity index is 524. The summed E-state index contributed by atoms with van der Waals surface area (Å²) in [5.74, 6) is 0. The maximum Gasteiger partial charge on any atom is 0.0900 e. The molecule has 0 radical (unpaired) electrons. The molecule has 5 heteroatoms. The molecule has 1 N–H and O–H groups in total. The lowest BCUT2D eigenvalue weighted by Crippen LogP contribution is -2.43. The molecule has 0 bridgehead atoms. The van der Waals surface area contributed by atoms with Crippen molar-refractivity contribution in [1.29, 1.82) is 0 Å². The van der Waals surface area contributed by atoms with Crippen molar-refractivity contribution in [3.63, 3.8) is 0 Å². The van der Waals surface area contributed by atoms with Gasteiger partial charge in [0, 0.05) is 39.3 Å². The second kappa shape index (κ2) is 10.4. The van der Waals surface area contributed by atoms with Gasteiger partial charge in [-0.15, -0.1) is 0 Å². The Kier molecular flexibility index (Phi) is 8.51. The van der Waals surface area contributed by atoms with Crippen LogP contribution < -0.4 is 0 Å². The summed E-state index contributed by atoms with van der Waals surface area (Å²) in [6.07, 6.45) is -0.483. The van der Waals surface area contributed by atoms with Crippen molar-refractivity contribution in [2.24, 2.45) is 0 Å². The van der Waals surface area contributed by atoms with Gasteiger partial charge in [-0.3, -0.25) is 9.80 Å². The molecule has 148 valence electrons. The van der Waals surface area contributed by atoms with Crippen LogP contribution in [0.5, 0.6) is 0 Å². The topological polar surface area (TPSA) is 45.2 Å². The van der Waals surface area contributed by atoms with Gasteiger partial charge in [0.25, 0.3) is 0 Å². The highest BCUT2D eigenvalue weighted by Gasteiger charge is 2.18. The molecule has 0 aliphatic carbocycles. The Morgan fingerprint density at radius 1 is 1.27 bits per heavy atom. The van der Waals surface area contributed by atoms with Gasteiger partial charge in [-0.1, -0.05) is 29.8 Å². The van der Waals surface area contributed by atoms with Gasteiger partial charge in [-0.25, -0.2) is 0 Å². The van der Waals surface area contributed by atoms with Crippen molar-refractivity contribution < 1.29 is 14.6 Å². The molecule has 0 amide bonds. The molecule has 1 unspecified atom stereocenters. The average molecular weight is 365 g/mol. The fourth-order valence-electron chi connectivity index (χ4n) is 3.11. The number of aryl methyl sites for hydroxylation is 1. The van der Waals surface area contributed by atoms with Crippen LogP contribution in [0.15, 0.2) is 24.3 Å². The summed E-state index contributed by atoms with van der Waals surface area (Å²) in [6, 6.07) is 8.60. The minimum atomic E-state index is -0.483. The maximum atomic E-state index is 10.5. The van der Waals surface area contributed by atoms with Crippen LogP contribution in [0.3, 0.4) is 0 Å². The van der Waals surface area contributed by atoms with E-state index >= 15 is 0 Å². The van der Waals surface area contributed by atoms with Gasteiger partial charge >= 0.3 is 0 Å². The summed E-state index contributed by atoms with van der Waals surface area (Å²) >= 11 is 0. The smallest absolute Gasteiger partial charge is 0.0900 e. The third-order valence-electron chi connectivity index (χ3n) is 4.50. The fourth-order valence-corrected chi connectivity index (χ4v) is 3.11. The van der Waals surface area contributed by atoms with E-state index in [1.807, 2.05) is 20.8 Å². The molecule has 1 fully saturated rings. The summed E-state index contributed by atoms with van der Waals surface area (Å²) in [4.78, 5) is 4.77. The van der Waals surface area contributed by atoms with Crippen molar-refractivity contribution in [2.75, 3.05) is 52.5 Å². The van der Waals surface area contributed by atoms with Crippen molar-refractivity contribution >= 4 is 0 Å². The van der Waals surface area contributed by atoms with Crippen LogP contribution in [0, 0.1) is 6.92 Å². The Balaban J connectivity index is 1.90. The van der Waals surface area contributed by atoms with E-state index in [0.29, 0.717) is 13.2 Å². The van der Waals surface area contributed by atoms with Crippen LogP contribution in [-0.2, 0) is 16.0 Å². The van der Waals surface area contributed by atoms with Crippen LogP contribution >= 0.6 is 0 Å². The Morgan fingerprint density at radius 3 is 2.65 bits per heavy atom. The fraction of sp³-hybridized carbons (Fsp3) is 0.714. The van der Waals surface area contributed by atoms with Gasteiger partial charge in [-0.05, 0) is 33.3 Å². The van der Waals surface area contributed by atoms with Crippen molar-refractivity contribution in [2.45, 2.75) is 45.9 Å². The number of rotatable bonds is 9. The molecule has 1 saturated heterocycles. The largest absolute Gasteiger partial charge is 0.389 e. The lowest BCUT2D eigenvalue weighted by molar-refractivity contribution is -0.0575. The first-order valence-electron chi connectivity index (χ1n) is 9.72. The normalized spacial score (nSPS) is 17.6. The summed E-state index contributed by atoms with van der Waals surface area (Å²) in [5, 5.41) is 10.5. The van der Waals surface area contributed by atoms with Gasteiger partial charge in [0.15, 0.2) is 0 Å². The Morgan fingerprint density at radius 2 is 2.00 bits per heavy atom. The van der Waals surface area contributed by atoms with Crippen LogP contribution in [0.1, 0.15) is 31.9 Å². The molecule has 1 aromatic rings. The lowest BCUT2D eigenvalue weighted by atomic mass is 10.1. The minimum Gasteiger partial charge on any atom is -0.389 e. The third kappa shape index (κ3) is 8.60. The Hall–Kier alpha value is -0.980. The summed E-state index contributed by atoms with van der Waals surface area (Å²) in [7, 11) is 0. The quantitative estimate of drug-likeness (QED) is 0.728. The van der Waals surface area contributed by atoms with E-state index in [9.17, 15) is 5.11 Å². The van der Waals surface area contributed by atoms with Gasteiger partial charge in [0.05, 0.1) is 31.5 Å². The second-order valence-electron chi connectivity index (χ2n) is 8.26. The molecule has 1 aromatic carbocycles. The van der Waals surface area contributed by atoms with E-state index in [-0.39, 0.29) is 5.60 Å². The molecule has 0 saturated carbocycles. The second-order valence-corrected chi connectivity index (χ2v) is 8.26. The molecule has 0 spiro atoms. The monoisotopic (exact) mass is 364 g/mol. The first-order valence-corrected chi connectivity index (χ1v) is 9.72. The standard InChI is InChI=1S/C21H36N2O3/c1-18-6-5-7-19(14-18)15-23(9-8-22-10-12-25-13-11-22)16-20(24)17-26-21(2,3)4/h5-7,14,20,24H,8-13,15-17H2,1-4H3. The first kappa shape index (κ1) is 21.3. The highest BCUT2D eigenvalue weighted by molar-refractivity contribution is 5.22. The number of morpholine rings is 1. The molecule has 0 aromatic heterocycles. The molecule has 26 heavy (non-hydrogen) atoms. The lowest BCUT2D eigenvalue weighted by Gasteiger charge is -2.31. The van der Waals surface area contributed by atoms with Crippen LogP contribution in [0.25, 0.3) is 0 Å². The first-order chi connectivity index (χ1) is 12.3. The number of aliphatic hydroxyl groups is 1. The van der Waals surface area contributed by atoms with E-state index in [1.54, 1.807) is 0 Å². The molecule has 5 nitrogen and oxygen atoms in total. The Labute approximate surface area is 158 Å². The third-order valence-corrected chi connectivity index (χ3v) is 4.50. The van der Waals surface area contributed by atoms with E-state index in [1.165, 1.54) is 11.1 Å². The number of hydrogen-bond acceptors (Lipinski definition) is 5. The van der Waals surface area contributed by atoms with Crippen LogP contribution in [0.4, 0.5) is 0 Å². The van der Waals surface area contributed by atoms with E-state index in [4.69, 9.17) is 9.47 Å². The zero-order valence-electron chi connectivity index (χ0n) is 16.9. The zero-order chi connectivity index (χ0) is 19.0. The molecule has 1 aliphatic heterocycles. The number of hydrogen-bond donors (Lipinski definition) is 1. The number of aliphatic hydroxyl groups excluding tert-OH is 1. The van der Waals surface area contributed by atoms with E-state index in [2.05, 4.69) is 41.0 Å². The zero-order valence-corrected chi connectivity index (χ0v) is 16.9. The average Bonchev–Trinajstić information content (AvgIpc) is 2.58. The number of benzene rings is 1. The van der Waals surface area contributed by atoms with Crippen LogP contribution in [-0.4, -0.2) is 79.2 Å². The van der Waals surface area contributed by atoms with E-state index < -0.39 is 6.10 Å². The molecule has 1 aliphatic rings. The van der Waals surface area contributed by atoms with Crippen molar-refractivity contribution in [3.8, 4) is 0 Å². The van der Waals surface area contributed by atoms with Crippen molar-refractivity contribution in [1.82, 2.24) is 9.80 Å². The molecular weight excluding hydrogens is 328 g/mol. The van der Waals surface area contributed by atoms with E-state index in [0.717, 1.165) is 45.9 Å². The summed E-state index contributed by atoms with van der Waals surface area (Å²) < 4.78 is 11.2. The predicted molar refractivity (Wildman–Crippen MR) is 105 cm³/mol. The van der Waals surface area contributed by atoms with Gasteiger partial charge < -0.3 is 14.6 Å². The summed E-state index contributed by atoms with van der Waals surface area (Å²) in [6.45, 7) is 15.6. The highest BCUT2D eigenvalue weighted by Crippen LogP contribution is 2.11. The molecule has 1 atom stereocenters. The van der Waals surface area contributed by atoms with Gasteiger partial charge in [0.2, 0.25) is 0 Å².